The van der Waals surface area contributed by atoms with Crippen molar-refractivity contribution in [1.29, 1.82) is 0 Å². The van der Waals surface area contributed by atoms with E-state index in [0.29, 0.717) is 50.6 Å². The zero-order chi connectivity index (χ0) is 19.3. The molecular formula is C20H26N4O4. The molecule has 1 aromatic rings. The Hall–Kier alpha value is -2.22. The minimum Gasteiger partial charge on any atom is -0.368 e. The van der Waals surface area contributed by atoms with Crippen molar-refractivity contribution < 1.29 is 14.3 Å². The van der Waals surface area contributed by atoms with Gasteiger partial charge < -0.3 is 19.5 Å². The maximum absolute atomic E-state index is 12.6. The van der Waals surface area contributed by atoms with Gasteiger partial charge in [-0.25, -0.2) is 4.98 Å². The molecule has 4 aliphatic rings. The van der Waals surface area contributed by atoms with Crippen LogP contribution < -0.4 is 5.56 Å². The molecule has 2 saturated heterocycles. The van der Waals surface area contributed by atoms with E-state index < -0.39 is 0 Å². The third-order valence-corrected chi connectivity index (χ3v) is 6.42. The average Bonchev–Trinajstić information content (AvgIpc) is 3.20. The van der Waals surface area contributed by atoms with Gasteiger partial charge in [0.2, 0.25) is 5.91 Å². The number of carbonyl (C=O) groups excluding carboxylic acids is 2. The molecule has 0 aromatic carbocycles. The number of aromatic amines is 1. The highest BCUT2D eigenvalue weighted by Gasteiger charge is 2.37. The minimum absolute atomic E-state index is 0.0258. The van der Waals surface area contributed by atoms with Crippen LogP contribution in [0.2, 0.25) is 0 Å². The van der Waals surface area contributed by atoms with Crippen molar-refractivity contribution in [2.45, 2.75) is 57.1 Å². The van der Waals surface area contributed by atoms with Gasteiger partial charge in [0.25, 0.3) is 11.5 Å². The normalized spacial score (nSPS) is 27.1. The Labute approximate surface area is 163 Å². The summed E-state index contributed by atoms with van der Waals surface area (Å²) in [6, 6.07) is 0. The van der Waals surface area contributed by atoms with Crippen molar-refractivity contribution in [2.24, 2.45) is 5.92 Å². The predicted octanol–water partition coefficient (Wildman–Crippen LogP) is 0.559. The third-order valence-electron chi connectivity index (χ3n) is 6.42. The number of H-pyrrole nitrogens is 1. The van der Waals surface area contributed by atoms with Gasteiger partial charge in [-0.2, -0.15) is 0 Å². The lowest BCUT2D eigenvalue weighted by atomic mass is 10.0. The predicted molar refractivity (Wildman–Crippen MR) is 99.6 cm³/mol. The Balaban J connectivity index is 1.32. The third kappa shape index (κ3) is 3.23. The van der Waals surface area contributed by atoms with E-state index in [4.69, 9.17) is 9.72 Å². The van der Waals surface area contributed by atoms with Gasteiger partial charge in [-0.15, -0.1) is 0 Å². The molecule has 8 heteroatoms. The summed E-state index contributed by atoms with van der Waals surface area (Å²) < 4.78 is 5.52. The number of nitrogens with zero attached hydrogens (tertiary/aromatic N) is 3. The van der Waals surface area contributed by atoms with Gasteiger partial charge >= 0.3 is 0 Å². The van der Waals surface area contributed by atoms with Crippen LogP contribution in [0.5, 0.6) is 0 Å². The van der Waals surface area contributed by atoms with E-state index in [0.717, 1.165) is 37.8 Å². The van der Waals surface area contributed by atoms with Crippen molar-refractivity contribution in [2.75, 3.05) is 26.2 Å². The molecule has 1 N–H and O–H groups in total. The van der Waals surface area contributed by atoms with Gasteiger partial charge in [-0.3, -0.25) is 14.4 Å². The maximum atomic E-state index is 12.6. The van der Waals surface area contributed by atoms with E-state index >= 15 is 0 Å². The molecule has 8 nitrogen and oxygen atoms in total. The zero-order valence-electron chi connectivity index (χ0n) is 16.0. The average molecular weight is 386 g/mol. The lowest BCUT2D eigenvalue weighted by Crippen LogP contribution is -2.40. The molecule has 2 atom stereocenters. The second-order valence-electron chi connectivity index (χ2n) is 8.43. The molecule has 1 aromatic heterocycles. The van der Waals surface area contributed by atoms with E-state index in [1.165, 1.54) is 0 Å². The molecule has 3 aliphatic heterocycles. The number of hydrogen-bond acceptors (Lipinski definition) is 5. The Morgan fingerprint density at radius 2 is 1.93 bits per heavy atom. The van der Waals surface area contributed by atoms with Gasteiger partial charge in [0.15, 0.2) is 0 Å². The second kappa shape index (κ2) is 6.99. The number of ether oxygens (including phenoxy) is 1. The fourth-order valence-corrected chi connectivity index (χ4v) is 4.59. The van der Waals surface area contributed by atoms with Crippen LogP contribution in [0, 0.1) is 5.92 Å². The van der Waals surface area contributed by atoms with E-state index in [1.54, 1.807) is 0 Å². The number of rotatable bonds is 3. The molecule has 1 aliphatic carbocycles. The van der Waals surface area contributed by atoms with Crippen molar-refractivity contribution >= 4 is 11.8 Å². The summed E-state index contributed by atoms with van der Waals surface area (Å²) in [4.78, 5) is 48.9. The first kappa shape index (κ1) is 17.8. The SMILES string of the molecule is O=C(C1CC1)N1CCc2c(nc([C@@H]3CCN(C(=O)[C@@H]4CCCO4)C3)[nH]c2=O)C1. The Morgan fingerprint density at radius 1 is 1.07 bits per heavy atom. The van der Waals surface area contributed by atoms with E-state index in [2.05, 4.69) is 4.98 Å². The van der Waals surface area contributed by atoms with Crippen LogP contribution in [-0.4, -0.2) is 63.9 Å². The fraction of sp³-hybridized carbons (Fsp3) is 0.700. The number of nitrogens with one attached hydrogen (secondary N) is 1. The van der Waals surface area contributed by atoms with Crippen LogP contribution in [0.1, 0.15) is 55.1 Å². The number of likely N-dealkylation sites (tertiary alicyclic amines) is 1. The standard InChI is InChI=1S/C20H26N4O4/c25-18-14-6-8-24(19(26)12-3-4-12)11-15(14)21-17(22-18)13-5-7-23(10-13)20(27)16-2-1-9-28-16/h12-13,16H,1-11H2,(H,21,22,25)/t13-,16+/m1/s1. The summed E-state index contributed by atoms with van der Waals surface area (Å²) >= 11 is 0. The van der Waals surface area contributed by atoms with Crippen LogP contribution >= 0.6 is 0 Å². The van der Waals surface area contributed by atoms with Gasteiger partial charge in [-0.05, 0) is 38.5 Å². The minimum atomic E-state index is -0.309. The van der Waals surface area contributed by atoms with Crippen molar-refractivity contribution in [3.63, 3.8) is 0 Å². The fourth-order valence-electron chi connectivity index (χ4n) is 4.59. The Morgan fingerprint density at radius 3 is 2.68 bits per heavy atom. The van der Waals surface area contributed by atoms with Crippen molar-refractivity contribution in [3.05, 3.63) is 27.4 Å². The molecule has 0 bridgehead atoms. The molecule has 28 heavy (non-hydrogen) atoms. The lowest BCUT2D eigenvalue weighted by Gasteiger charge is -2.28. The summed E-state index contributed by atoms with van der Waals surface area (Å²) in [6.07, 6.45) is 4.72. The first-order valence-electron chi connectivity index (χ1n) is 10.4. The quantitative estimate of drug-likeness (QED) is 0.819. The second-order valence-corrected chi connectivity index (χ2v) is 8.43. The monoisotopic (exact) mass is 386 g/mol. The molecule has 0 spiro atoms. The number of amides is 2. The lowest BCUT2D eigenvalue weighted by molar-refractivity contribution is -0.139. The highest BCUT2D eigenvalue weighted by atomic mass is 16.5. The van der Waals surface area contributed by atoms with E-state index in [1.807, 2.05) is 9.80 Å². The van der Waals surface area contributed by atoms with Crippen LogP contribution in [0.15, 0.2) is 4.79 Å². The van der Waals surface area contributed by atoms with E-state index in [-0.39, 0.29) is 35.3 Å². The molecule has 3 fully saturated rings. The first-order chi connectivity index (χ1) is 13.6. The highest BCUT2D eigenvalue weighted by Crippen LogP contribution is 2.33. The highest BCUT2D eigenvalue weighted by molar-refractivity contribution is 5.82. The van der Waals surface area contributed by atoms with Gasteiger partial charge in [0.05, 0.1) is 12.2 Å². The number of hydrogen-bond donors (Lipinski definition) is 1. The van der Waals surface area contributed by atoms with Crippen LogP contribution in [0.25, 0.3) is 0 Å². The number of fused-ring (bicyclic) bond motifs is 1. The number of aromatic nitrogens is 2. The smallest absolute Gasteiger partial charge is 0.254 e. The molecule has 1 saturated carbocycles. The molecular weight excluding hydrogens is 360 g/mol. The summed E-state index contributed by atoms with van der Waals surface area (Å²) in [5.41, 5.74) is 1.33. The number of carbonyl (C=O) groups is 2. The van der Waals surface area contributed by atoms with Crippen LogP contribution in [-0.2, 0) is 27.3 Å². The molecule has 0 unspecified atom stereocenters. The van der Waals surface area contributed by atoms with E-state index in [9.17, 15) is 14.4 Å². The van der Waals surface area contributed by atoms with Crippen LogP contribution in [0.3, 0.4) is 0 Å². The molecule has 0 radical (unpaired) electrons. The van der Waals surface area contributed by atoms with Gasteiger partial charge in [-0.1, -0.05) is 0 Å². The summed E-state index contributed by atoms with van der Waals surface area (Å²) in [6.45, 7) is 2.90. The molecule has 150 valence electrons. The van der Waals surface area contributed by atoms with Crippen molar-refractivity contribution in [3.8, 4) is 0 Å². The largest absolute Gasteiger partial charge is 0.368 e. The first-order valence-corrected chi connectivity index (χ1v) is 10.4. The summed E-state index contributed by atoms with van der Waals surface area (Å²) in [5, 5.41) is 0. The van der Waals surface area contributed by atoms with Gasteiger partial charge in [0.1, 0.15) is 11.9 Å². The Bertz CT molecular complexity index is 856. The molecule has 5 rings (SSSR count). The summed E-state index contributed by atoms with van der Waals surface area (Å²) in [7, 11) is 0. The van der Waals surface area contributed by atoms with Gasteiger partial charge in [0, 0.05) is 43.6 Å². The Kier molecular flexibility index (Phi) is 4.45. The summed E-state index contributed by atoms with van der Waals surface area (Å²) in [5.74, 6) is 1.10. The van der Waals surface area contributed by atoms with Crippen LogP contribution in [0.4, 0.5) is 0 Å². The molecule has 4 heterocycles. The zero-order valence-corrected chi connectivity index (χ0v) is 16.0. The van der Waals surface area contributed by atoms with Crippen molar-refractivity contribution in [1.82, 2.24) is 19.8 Å². The maximum Gasteiger partial charge on any atom is 0.254 e. The molecule has 2 amide bonds. The topological polar surface area (TPSA) is 95.6 Å².